The summed E-state index contributed by atoms with van der Waals surface area (Å²) in [5, 5.41) is 9.45. The molecule has 1 aromatic rings. The molecule has 0 saturated carbocycles. The van der Waals surface area contributed by atoms with E-state index in [-0.39, 0.29) is 17.2 Å². The van der Waals surface area contributed by atoms with Crippen LogP contribution < -0.4 is 9.47 Å². The maximum atomic E-state index is 10.6. The van der Waals surface area contributed by atoms with Crippen LogP contribution in [-0.4, -0.2) is 25.1 Å². The predicted octanol–water partition coefficient (Wildman–Crippen LogP) is 1.61. The van der Waals surface area contributed by atoms with Gasteiger partial charge in [-0.2, -0.15) is 0 Å². The van der Waals surface area contributed by atoms with E-state index >= 15 is 0 Å². The minimum atomic E-state index is -0.0331. The number of phenols is 1. The standard InChI is InChI=1S/C10H12O4/c1-3-14-10-8(12)5-4-7(6-11)9(10)13-2/h4-6,12H,3H2,1-2H3. The topological polar surface area (TPSA) is 55.8 Å². The molecule has 0 aliphatic heterocycles. The summed E-state index contributed by atoms with van der Waals surface area (Å²) in [5.74, 6) is 0.441. The highest BCUT2D eigenvalue weighted by Gasteiger charge is 2.14. The van der Waals surface area contributed by atoms with Gasteiger partial charge in [-0.3, -0.25) is 4.79 Å². The number of carbonyl (C=O) groups is 1. The fraction of sp³-hybridized carbons (Fsp3) is 0.300. The summed E-state index contributed by atoms with van der Waals surface area (Å²) in [7, 11) is 1.42. The van der Waals surface area contributed by atoms with Crippen molar-refractivity contribution in [1.29, 1.82) is 0 Å². The number of hydrogen-bond donors (Lipinski definition) is 1. The third kappa shape index (κ3) is 1.79. The van der Waals surface area contributed by atoms with E-state index in [1.54, 1.807) is 6.92 Å². The zero-order valence-electron chi connectivity index (χ0n) is 8.11. The zero-order valence-corrected chi connectivity index (χ0v) is 8.11. The largest absolute Gasteiger partial charge is 0.504 e. The van der Waals surface area contributed by atoms with Gasteiger partial charge in [0.25, 0.3) is 0 Å². The molecule has 76 valence electrons. The molecule has 0 radical (unpaired) electrons. The van der Waals surface area contributed by atoms with E-state index in [1.807, 2.05) is 0 Å². The predicted molar refractivity (Wildman–Crippen MR) is 51.2 cm³/mol. The third-order valence-electron chi connectivity index (χ3n) is 1.74. The van der Waals surface area contributed by atoms with Crippen LogP contribution in [0, 0.1) is 0 Å². The summed E-state index contributed by atoms with van der Waals surface area (Å²) in [6, 6.07) is 2.88. The van der Waals surface area contributed by atoms with Crippen LogP contribution in [0.5, 0.6) is 17.2 Å². The molecule has 0 unspecified atom stereocenters. The second kappa shape index (κ2) is 4.50. The number of carbonyl (C=O) groups excluding carboxylic acids is 1. The Labute approximate surface area is 82.1 Å². The number of benzene rings is 1. The van der Waals surface area contributed by atoms with Crippen molar-refractivity contribution in [2.45, 2.75) is 6.92 Å². The molecule has 4 nitrogen and oxygen atoms in total. The first kappa shape index (κ1) is 10.4. The average Bonchev–Trinajstić information content (AvgIpc) is 2.21. The molecular formula is C10H12O4. The lowest BCUT2D eigenvalue weighted by Gasteiger charge is -2.12. The number of aromatic hydroxyl groups is 1. The van der Waals surface area contributed by atoms with Crippen molar-refractivity contribution in [3.05, 3.63) is 17.7 Å². The summed E-state index contributed by atoms with van der Waals surface area (Å²) in [5.41, 5.74) is 0.355. The number of methoxy groups -OCH3 is 1. The van der Waals surface area contributed by atoms with E-state index in [9.17, 15) is 9.90 Å². The van der Waals surface area contributed by atoms with Gasteiger partial charge in [-0.25, -0.2) is 0 Å². The Morgan fingerprint density at radius 2 is 2.14 bits per heavy atom. The van der Waals surface area contributed by atoms with Gasteiger partial charge in [-0.15, -0.1) is 0 Å². The summed E-state index contributed by atoms with van der Waals surface area (Å²) < 4.78 is 10.2. The molecule has 1 rings (SSSR count). The first-order valence-electron chi connectivity index (χ1n) is 4.22. The molecule has 0 bridgehead atoms. The van der Waals surface area contributed by atoms with Crippen molar-refractivity contribution >= 4 is 6.29 Å². The first-order chi connectivity index (χ1) is 6.74. The van der Waals surface area contributed by atoms with Crippen molar-refractivity contribution in [1.82, 2.24) is 0 Å². The van der Waals surface area contributed by atoms with Crippen molar-refractivity contribution in [2.75, 3.05) is 13.7 Å². The van der Waals surface area contributed by atoms with Crippen LogP contribution in [0.1, 0.15) is 17.3 Å². The molecule has 0 fully saturated rings. The molecule has 0 aliphatic rings. The molecule has 0 atom stereocenters. The van der Waals surface area contributed by atoms with Gasteiger partial charge in [-0.05, 0) is 19.1 Å². The van der Waals surface area contributed by atoms with Gasteiger partial charge >= 0.3 is 0 Å². The van der Waals surface area contributed by atoms with E-state index in [0.29, 0.717) is 18.5 Å². The smallest absolute Gasteiger partial charge is 0.204 e. The maximum Gasteiger partial charge on any atom is 0.204 e. The molecule has 0 aromatic heterocycles. The lowest BCUT2D eigenvalue weighted by Crippen LogP contribution is -1.98. The SMILES string of the molecule is CCOc1c(O)ccc(C=O)c1OC. The minimum Gasteiger partial charge on any atom is -0.504 e. The van der Waals surface area contributed by atoms with Crippen LogP contribution in [0.4, 0.5) is 0 Å². The van der Waals surface area contributed by atoms with Gasteiger partial charge in [0.2, 0.25) is 5.75 Å². The molecule has 1 N–H and O–H groups in total. The Balaban J connectivity index is 3.26. The van der Waals surface area contributed by atoms with Crippen LogP contribution in [0.15, 0.2) is 12.1 Å². The van der Waals surface area contributed by atoms with Gasteiger partial charge in [-0.1, -0.05) is 0 Å². The van der Waals surface area contributed by atoms with Crippen LogP contribution >= 0.6 is 0 Å². The molecule has 1 aromatic carbocycles. The molecule has 0 amide bonds. The monoisotopic (exact) mass is 196 g/mol. The number of rotatable bonds is 4. The number of hydrogen-bond acceptors (Lipinski definition) is 4. The van der Waals surface area contributed by atoms with Gasteiger partial charge in [0.1, 0.15) is 0 Å². The Kier molecular flexibility index (Phi) is 3.34. The van der Waals surface area contributed by atoms with Gasteiger partial charge < -0.3 is 14.6 Å². The highest BCUT2D eigenvalue weighted by molar-refractivity contribution is 5.82. The fourth-order valence-electron chi connectivity index (χ4n) is 1.15. The van der Waals surface area contributed by atoms with Crippen LogP contribution in [0.25, 0.3) is 0 Å². The number of phenolic OH excluding ortho intramolecular Hbond substituents is 1. The van der Waals surface area contributed by atoms with E-state index in [2.05, 4.69) is 0 Å². The minimum absolute atomic E-state index is 0.0331. The second-order valence-electron chi connectivity index (χ2n) is 2.59. The second-order valence-corrected chi connectivity index (χ2v) is 2.59. The third-order valence-corrected chi connectivity index (χ3v) is 1.74. The van der Waals surface area contributed by atoms with E-state index in [4.69, 9.17) is 9.47 Å². The molecule has 0 heterocycles. The van der Waals surface area contributed by atoms with Crippen LogP contribution in [0.3, 0.4) is 0 Å². The lowest BCUT2D eigenvalue weighted by molar-refractivity contribution is 0.111. The molecule has 0 saturated heterocycles. The van der Waals surface area contributed by atoms with Crippen molar-refractivity contribution in [3.8, 4) is 17.2 Å². The molecule has 0 aliphatic carbocycles. The van der Waals surface area contributed by atoms with Gasteiger partial charge in [0.05, 0.1) is 19.3 Å². The Morgan fingerprint density at radius 3 is 2.64 bits per heavy atom. The molecule has 4 heteroatoms. The highest BCUT2D eigenvalue weighted by atomic mass is 16.5. The van der Waals surface area contributed by atoms with E-state index in [1.165, 1.54) is 19.2 Å². The van der Waals surface area contributed by atoms with Gasteiger partial charge in [0.15, 0.2) is 17.8 Å². The van der Waals surface area contributed by atoms with Crippen molar-refractivity contribution in [3.63, 3.8) is 0 Å². The maximum absolute atomic E-state index is 10.6. The fourth-order valence-corrected chi connectivity index (χ4v) is 1.15. The van der Waals surface area contributed by atoms with E-state index < -0.39 is 0 Å². The summed E-state index contributed by atoms with van der Waals surface area (Å²) in [4.78, 5) is 10.6. The lowest BCUT2D eigenvalue weighted by atomic mass is 10.2. The van der Waals surface area contributed by atoms with E-state index in [0.717, 1.165) is 0 Å². The average molecular weight is 196 g/mol. The summed E-state index contributed by atoms with van der Waals surface area (Å²) in [6.45, 7) is 2.18. The van der Waals surface area contributed by atoms with Crippen molar-refractivity contribution < 1.29 is 19.4 Å². The molecular weight excluding hydrogens is 184 g/mol. The quantitative estimate of drug-likeness (QED) is 0.743. The normalized spacial score (nSPS) is 9.57. The molecule has 0 spiro atoms. The first-order valence-corrected chi connectivity index (χ1v) is 4.22. The Morgan fingerprint density at radius 1 is 1.43 bits per heavy atom. The van der Waals surface area contributed by atoms with Gasteiger partial charge in [0, 0.05) is 0 Å². The highest BCUT2D eigenvalue weighted by Crippen LogP contribution is 2.38. The number of ether oxygens (including phenoxy) is 2. The van der Waals surface area contributed by atoms with Crippen molar-refractivity contribution in [2.24, 2.45) is 0 Å². The zero-order chi connectivity index (χ0) is 10.6. The molecule has 14 heavy (non-hydrogen) atoms. The summed E-state index contributed by atoms with van der Waals surface area (Å²) in [6.07, 6.45) is 0.654. The number of aldehydes is 1. The Bertz CT molecular complexity index is 333. The summed E-state index contributed by atoms with van der Waals surface area (Å²) >= 11 is 0. The van der Waals surface area contributed by atoms with Crippen LogP contribution in [0.2, 0.25) is 0 Å². The Hall–Kier alpha value is -1.71. The van der Waals surface area contributed by atoms with Crippen LogP contribution in [-0.2, 0) is 0 Å².